The maximum absolute atomic E-state index is 11.8. The Morgan fingerprint density at radius 2 is 2.19 bits per heavy atom. The first-order valence-corrected chi connectivity index (χ1v) is 5.90. The SMILES string of the molecule is FC(F)(F)CSCCNC1=NCCCN1.I. The molecule has 1 heterocycles. The molecule has 3 nitrogen and oxygen atoms in total. The average Bonchev–Trinajstić information content (AvgIpc) is 2.17. The molecule has 0 unspecified atom stereocenters. The smallest absolute Gasteiger partial charge is 0.356 e. The van der Waals surface area contributed by atoms with Crippen LogP contribution in [0.2, 0.25) is 0 Å². The summed E-state index contributed by atoms with van der Waals surface area (Å²) in [6, 6.07) is 0. The molecule has 0 aromatic rings. The summed E-state index contributed by atoms with van der Waals surface area (Å²) in [4.78, 5) is 4.14. The van der Waals surface area contributed by atoms with Crippen molar-refractivity contribution in [3.8, 4) is 0 Å². The number of halogens is 4. The van der Waals surface area contributed by atoms with E-state index in [0.717, 1.165) is 31.3 Å². The van der Waals surface area contributed by atoms with Gasteiger partial charge in [-0.2, -0.15) is 24.9 Å². The second kappa shape index (κ2) is 8.26. The Hall–Kier alpha value is 0.140. The third-order valence-corrected chi connectivity index (χ3v) is 2.73. The van der Waals surface area contributed by atoms with Crippen LogP contribution in [0.3, 0.4) is 0 Å². The van der Waals surface area contributed by atoms with Crippen molar-refractivity contribution in [2.75, 3.05) is 31.1 Å². The van der Waals surface area contributed by atoms with Gasteiger partial charge in [-0.05, 0) is 6.42 Å². The fourth-order valence-electron chi connectivity index (χ4n) is 1.08. The van der Waals surface area contributed by atoms with Gasteiger partial charge in [-0.15, -0.1) is 24.0 Å². The lowest BCUT2D eigenvalue weighted by Gasteiger charge is -2.15. The highest BCUT2D eigenvalue weighted by Gasteiger charge is 2.26. The zero-order valence-electron chi connectivity index (χ0n) is 8.64. The maximum Gasteiger partial charge on any atom is 0.397 e. The van der Waals surface area contributed by atoms with E-state index in [-0.39, 0.29) is 24.0 Å². The van der Waals surface area contributed by atoms with Crippen LogP contribution in [-0.4, -0.2) is 43.3 Å². The third-order valence-electron chi connectivity index (χ3n) is 1.70. The van der Waals surface area contributed by atoms with Gasteiger partial charge in [0.1, 0.15) is 0 Å². The minimum atomic E-state index is -4.06. The first kappa shape index (κ1) is 16.1. The molecule has 0 bridgehead atoms. The largest absolute Gasteiger partial charge is 0.397 e. The van der Waals surface area contributed by atoms with Crippen molar-refractivity contribution in [2.45, 2.75) is 12.6 Å². The van der Waals surface area contributed by atoms with E-state index in [1.807, 2.05) is 0 Å². The number of hydrogen-bond acceptors (Lipinski definition) is 4. The molecular formula is C8H15F3IN3S. The number of guanidine groups is 1. The molecular weight excluding hydrogens is 354 g/mol. The molecule has 0 radical (unpaired) electrons. The van der Waals surface area contributed by atoms with E-state index in [1.165, 1.54) is 0 Å². The van der Waals surface area contributed by atoms with Gasteiger partial charge in [0.05, 0.1) is 5.75 Å². The van der Waals surface area contributed by atoms with Crippen LogP contribution in [0.1, 0.15) is 6.42 Å². The van der Waals surface area contributed by atoms with Gasteiger partial charge in [0.25, 0.3) is 0 Å². The summed E-state index contributed by atoms with van der Waals surface area (Å²) in [6.45, 7) is 2.17. The molecule has 8 heteroatoms. The summed E-state index contributed by atoms with van der Waals surface area (Å²) in [5.41, 5.74) is 0. The highest BCUT2D eigenvalue weighted by Crippen LogP contribution is 2.20. The third kappa shape index (κ3) is 8.31. The molecule has 0 aromatic heterocycles. The monoisotopic (exact) mass is 369 g/mol. The van der Waals surface area contributed by atoms with Gasteiger partial charge < -0.3 is 10.6 Å². The van der Waals surface area contributed by atoms with Gasteiger partial charge >= 0.3 is 6.18 Å². The Labute approximate surface area is 114 Å². The lowest BCUT2D eigenvalue weighted by molar-refractivity contribution is -0.105. The molecule has 0 aromatic carbocycles. The predicted octanol–water partition coefficient (Wildman–Crippen LogP) is 1.84. The van der Waals surface area contributed by atoms with Crippen molar-refractivity contribution in [1.29, 1.82) is 0 Å². The van der Waals surface area contributed by atoms with Gasteiger partial charge in [0, 0.05) is 25.4 Å². The quantitative estimate of drug-likeness (QED) is 0.587. The van der Waals surface area contributed by atoms with Crippen molar-refractivity contribution in [2.24, 2.45) is 4.99 Å². The first-order chi connectivity index (χ1) is 7.08. The van der Waals surface area contributed by atoms with Crippen LogP contribution in [0.5, 0.6) is 0 Å². The second-order valence-electron chi connectivity index (χ2n) is 3.11. The maximum atomic E-state index is 11.8. The van der Waals surface area contributed by atoms with Crippen LogP contribution < -0.4 is 10.6 Å². The van der Waals surface area contributed by atoms with Gasteiger partial charge in [0.15, 0.2) is 5.96 Å². The number of aliphatic imine (C=N–C) groups is 1. The van der Waals surface area contributed by atoms with Crippen LogP contribution in [0.25, 0.3) is 0 Å². The molecule has 0 amide bonds. The summed E-state index contributed by atoms with van der Waals surface area (Å²) < 4.78 is 35.3. The Balaban J connectivity index is 0.00000225. The molecule has 0 saturated carbocycles. The van der Waals surface area contributed by atoms with Crippen molar-refractivity contribution >= 4 is 41.7 Å². The fraction of sp³-hybridized carbons (Fsp3) is 0.875. The van der Waals surface area contributed by atoms with Gasteiger partial charge in [-0.3, -0.25) is 4.99 Å². The molecule has 0 fully saturated rings. The molecule has 1 aliphatic heterocycles. The van der Waals surface area contributed by atoms with E-state index in [0.29, 0.717) is 18.3 Å². The number of nitrogens with zero attached hydrogens (tertiary/aromatic N) is 1. The first-order valence-electron chi connectivity index (χ1n) is 4.74. The highest BCUT2D eigenvalue weighted by molar-refractivity contribution is 14.0. The van der Waals surface area contributed by atoms with Crippen molar-refractivity contribution in [3.05, 3.63) is 0 Å². The Bertz CT molecular complexity index is 223. The van der Waals surface area contributed by atoms with Crippen LogP contribution in [-0.2, 0) is 0 Å². The second-order valence-corrected chi connectivity index (χ2v) is 4.21. The lowest BCUT2D eigenvalue weighted by Crippen LogP contribution is -2.41. The number of thioether (sulfide) groups is 1. The molecule has 16 heavy (non-hydrogen) atoms. The van der Waals surface area contributed by atoms with E-state index in [1.54, 1.807) is 0 Å². The average molecular weight is 369 g/mol. The molecule has 0 saturated heterocycles. The number of alkyl halides is 3. The van der Waals surface area contributed by atoms with Crippen molar-refractivity contribution < 1.29 is 13.2 Å². The number of rotatable bonds is 4. The lowest BCUT2D eigenvalue weighted by atomic mass is 10.4. The summed E-state index contributed by atoms with van der Waals surface area (Å²) in [5, 5.41) is 5.99. The zero-order valence-corrected chi connectivity index (χ0v) is 11.8. The molecule has 0 atom stereocenters. The van der Waals surface area contributed by atoms with E-state index < -0.39 is 11.9 Å². The molecule has 96 valence electrons. The number of nitrogens with one attached hydrogen (secondary N) is 2. The van der Waals surface area contributed by atoms with Gasteiger partial charge in [0.2, 0.25) is 0 Å². The van der Waals surface area contributed by atoms with Gasteiger partial charge in [-0.1, -0.05) is 0 Å². The van der Waals surface area contributed by atoms with Crippen molar-refractivity contribution in [3.63, 3.8) is 0 Å². The summed E-state index contributed by atoms with van der Waals surface area (Å²) in [5.74, 6) is 0.350. The topological polar surface area (TPSA) is 36.4 Å². The van der Waals surface area contributed by atoms with Crippen LogP contribution in [0.15, 0.2) is 4.99 Å². The molecule has 1 rings (SSSR count). The fourth-order valence-corrected chi connectivity index (χ4v) is 1.70. The van der Waals surface area contributed by atoms with Crippen LogP contribution in [0, 0.1) is 0 Å². The van der Waals surface area contributed by atoms with Crippen LogP contribution >= 0.6 is 35.7 Å². The molecule has 0 aliphatic carbocycles. The standard InChI is InChI=1S/C8H14F3N3S.HI/c9-8(10,11)6-15-5-4-14-7-12-2-1-3-13-7;/h1-6H2,(H2,12,13,14);1H. The zero-order chi connectivity index (χ0) is 11.1. The Morgan fingerprint density at radius 3 is 2.75 bits per heavy atom. The molecule has 0 spiro atoms. The molecule has 2 N–H and O–H groups in total. The Morgan fingerprint density at radius 1 is 1.44 bits per heavy atom. The normalized spacial score (nSPS) is 15.8. The number of hydrogen-bond donors (Lipinski definition) is 2. The minimum absolute atomic E-state index is 0. The highest BCUT2D eigenvalue weighted by atomic mass is 127. The molecule has 1 aliphatic rings. The summed E-state index contributed by atoms with van der Waals surface area (Å²) in [6.07, 6.45) is -3.06. The Kier molecular flexibility index (Phi) is 8.34. The predicted molar refractivity (Wildman–Crippen MR) is 71.7 cm³/mol. The van der Waals surface area contributed by atoms with Crippen molar-refractivity contribution in [1.82, 2.24) is 10.6 Å². The summed E-state index contributed by atoms with van der Waals surface area (Å²) in [7, 11) is 0. The minimum Gasteiger partial charge on any atom is -0.356 e. The van der Waals surface area contributed by atoms with E-state index in [4.69, 9.17) is 0 Å². The van der Waals surface area contributed by atoms with E-state index in [2.05, 4.69) is 15.6 Å². The van der Waals surface area contributed by atoms with Gasteiger partial charge in [-0.25, -0.2) is 0 Å². The van der Waals surface area contributed by atoms with Crippen LogP contribution in [0.4, 0.5) is 13.2 Å². The van der Waals surface area contributed by atoms with E-state index in [9.17, 15) is 13.2 Å². The van der Waals surface area contributed by atoms with E-state index >= 15 is 0 Å². The summed E-state index contributed by atoms with van der Waals surface area (Å²) >= 11 is 0.878.